The molecule has 0 bridgehead atoms. The van der Waals surface area contributed by atoms with Gasteiger partial charge >= 0.3 is 0 Å². The molecular weight excluding hydrogens is 232 g/mol. The zero-order valence-corrected chi connectivity index (χ0v) is 9.78. The van der Waals surface area contributed by atoms with Gasteiger partial charge in [0.1, 0.15) is 0 Å². The molecule has 0 spiro atoms. The van der Waals surface area contributed by atoms with Crippen LogP contribution in [-0.4, -0.2) is 4.83 Å². The zero-order chi connectivity index (χ0) is 8.97. The third-order valence-electron chi connectivity index (χ3n) is 1.56. The quantitative estimate of drug-likeness (QED) is 0.703. The van der Waals surface area contributed by atoms with Gasteiger partial charge in [-0.1, -0.05) is 28.9 Å². The molecule has 0 nitrogen and oxygen atoms in total. The van der Waals surface area contributed by atoms with E-state index >= 15 is 0 Å². The van der Waals surface area contributed by atoms with Crippen LogP contribution in [0.2, 0.25) is 0 Å². The third kappa shape index (κ3) is 3.11. The molecule has 0 fully saturated rings. The Morgan fingerprint density at radius 3 is 2.83 bits per heavy atom. The van der Waals surface area contributed by atoms with Gasteiger partial charge in [-0.25, -0.2) is 0 Å². The largest absolute Gasteiger partial charge is 0.141 e. The van der Waals surface area contributed by atoms with Crippen molar-refractivity contribution in [3.8, 4) is 0 Å². The number of allylic oxidation sites excluding steroid dienone is 1. The van der Waals surface area contributed by atoms with Crippen LogP contribution in [0.3, 0.4) is 0 Å². The van der Waals surface area contributed by atoms with E-state index in [2.05, 4.69) is 54.1 Å². The lowest BCUT2D eigenvalue weighted by Crippen LogP contribution is -1.77. The molecule has 0 aliphatic carbocycles. The first-order valence-electron chi connectivity index (χ1n) is 4.13. The van der Waals surface area contributed by atoms with Crippen molar-refractivity contribution in [3.05, 3.63) is 28.0 Å². The molecule has 0 saturated heterocycles. The van der Waals surface area contributed by atoms with Crippen LogP contribution in [0.25, 0.3) is 6.08 Å². The summed E-state index contributed by atoms with van der Waals surface area (Å²) in [4.78, 5) is 3.26. The van der Waals surface area contributed by atoms with Gasteiger partial charge in [-0.3, -0.25) is 0 Å². The fourth-order valence-corrected chi connectivity index (χ4v) is 1.92. The van der Waals surface area contributed by atoms with Gasteiger partial charge in [-0.2, -0.15) is 0 Å². The van der Waals surface area contributed by atoms with E-state index in [1.165, 1.54) is 9.75 Å². The van der Waals surface area contributed by atoms with Gasteiger partial charge in [0.2, 0.25) is 0 Å². The van der Waals surface area contributed by atoms with E-state index in [1.807, 2.05) is 11.3 Å². The smallest absolute Gasteiger partial charge is 0.0300 e. The Morgan fingerprint density at radius 2 is 2.33 bits per heavy atom. The maximum Gasteiger partial charge on any atom is 0.0300 e. The summed E-state index contributed by atoms with van der Waals surface area (Å²) >= 11 is 5.34. The maximum absolute atomic E-state index is 3.47. The van der Waals surface area contributed by atoms with Crippen LogP contribution in [0.15, 0.2) is 18.2 Å². The number of hydrogen-bond donors (Lipinski definition) is 0. The molecule has 0 aliphatic rings. The molecule has 0 radical (unpaired) electrons. The van der Waals surface area contributed by atoms with Crippen LogP contribution < -0.4 is 0 Å². The summed E-state index contributed by atoms with van der Waals surface area (Å²) in [6.45, 7) is 4.30. The number of rotatable bonds is 3. The average Bonchev–Trinajstić information content (AvgIpc) is 2.48. The Hall–Kier alpha value is -0.0800. The highest BCUT2D eigenvalue weighted by Gasteiger charge is 1.94. The third-order valence-corrected chi connectivity index (χ3v) is 3.06. The van der Waals surface area contributed by atoms with Crippen molar-refractivity contribution in [2.45, 2.75) is 25.1 Å². The van der Waals surface area contributed by atoms with E-state index in [-0.39, 0.29) is 0 Å². The lowest BCUT2D eigenvalue weighted by atomic mass is 10.3. The second-order valence-corrected chi connectivity index (χ2v) is 5.34. The second kappa shape index (κ2) is 4.83. The highest BCUT2D eigenvalue weighted by atomic mass is 79.9. The molecule has 1 aromatic rings. The molecule has 0 N–H and O–H groups in total. The minimum Gasteiger partial charge on any atom is -0.141 e. The molecule has 0 amide bonds. The van der Waals surface area contributed by atoms with Gasteiger partial charge in [0.25, 0.3) is 0 Å². The molecule has 66 valence electrons. The molecule has 1 heterocycles. The summed E-state index contributed by atoms with van der Waals surface area (Å²) in [6.07, 6.45) is 5.47. The van der Waals surface area contributed by atoms with Gasteiger partial charge in [0, 0.05) is 14.6 Å². The predicted octanol–water partition coefficient (Wildman–Crippen LogP) is 4.11. The molecular formula is C10H13BrS. The van der Waals surface area contributed by atoms with Crippen molar-refractivity contribution in [2.75, 3.05) is 0 Å². The SMILES string of the molecule is CCc1ccc(/C=C/C(C)Br)s1. The highest BCUT2D eigenvalue weighted by Crippen LogP contribution is 2.18. The average molecular weight is 245 g/mol. The molecule has 0 saturated carbocycles. The van der Waals surface area contributed by atoms with Crippen LogP contribution in [0.5, 0.6) is 0 Å². The van der Waals surface area contributed by atoms with Crippen LogP contribution in [-0.2, 0) is 6.42 Å². The minimum absolute atomic E-state index is 0.463. The van der Waals surface area contributed by atoms with Crippen molar-refractivity contribution in [1.82, 2.24) is 0 Å². The van der Waals surface area contributed by atoms with Gasteiger partial charge in [-0.05, 0) is 31.6 Å². The Balaban J connectivity index is 2.63. The second-order valence-electron chi connectivity index (χ2n) is 2.69. The van der Waals surface area contributed by atoms with Crippen molar-refractivity contribution in [2.24, 2.45) is 0 Å². The summed E-state index contributed by atoms with van der Waals surface area (Å²) in [5.74, 6) is 0. The first-order chi connectivity index (χ1) is 5.72. The van der Waals surface area contributed by atoms with E-state index in [0.717, 1.165) is 6.42 Å². The topological polar surface area (TPSA) is 0 Å². The molecule has 2 heteroatoms. The Bertz CT molecular complexity index is 261. The van der Waals surface area contributed by atoms with Crippen molar-refractivity contribution >= 4 is 33.3 Å². The van der Waals surface area contributed by atoms with E-state index in [0.29, 0.717) is 4.83 Å². The van der Waals surface area contributed by atoms with E-state index in [9.17, 15) is 0 Å². The van der Waals surface area contributed by atoms with Gasteiger partial charge < -0.3 is 0 Å². The van der Waals surface area contributed by atoms with Crippen molar-refractivity contribution in [1.29, 1.82) is 0 Å². The summed E-state index contributed by atoms with van der Waals surface area (Å²) in [5, 5.41) is 0. The number of aryl methyl sites for hydroxylation is 1. The van der Waals surface area contributed by atoms with Gasteiger partial charge in [0.05, 0.1) is 0 Å². The van der Waals surface area contributed by atoms with Crippen molar-refractivity contribution < 1.29 is 0 Å². The van der Waals surface area contributed by atoms with Gasteiger partial charge in [0.15, 0.2) is 0 Å². The predicted molar refractivity (Wildman–Crippen MR) is 61.1 cm³/mol. The molecule has 0 aromatic carbocycles. The Morgan fingerprint density at radius 1 is 1.58 bits per heavy atom. The number of alkyl halides is 1. The Kier molecular flexibility index (Phi) is 4.02. The number of thiophene rings is 1. The molecule has 1 rings (SSSR count). The molecule has 12 heavy (non-hydrogen) atoms. The van der Waals surface area contributed by atoms with Crippen molar-refractivity contribution in [3.63, 3.8) is 0 Å². The molecule has 1 unspecified atom stereocenters. The van der Waals surface area contributed by atoms with E-state index in [4.69, 9.17) is 0 Å². The summed E-state index contributed by atoms with van der Waals surface area (Å²) in [7, 11) is 0. The lowest BCUT2D eigenvalue weighted by molar-refractivity contribution is 1.19. The first kappa shape index (κ1) is 10.0. The summed E-state index contributed by atoms with van der Waals surface area (Å²) in [5.41, 5.74) is 0. The van der Waals surface area contributed by atoms with Gasteiger partial charge in [-0.15, -0.1) is 11.3 Å². The van der Waals surface area contributed by atoms with Crippen LogP contribution >= 0.6 is 27.3 Å². The first-order valence-corrected chi connectivity index (χ1v) is 5.86. The minimum atomic E-state index is 0.463. The fraction of sp³-hybridized carbons (Fsp3) is 0.400. The monoisotopic (exact) mass is 244 g/mol. The Labute approximate surface area is 86.4 Å². The van der Waals surface area contributed by atoms with Crippen LogP contribution in [0, 0.1) is 0 Å². The summed E-state index contributed by atoms with van der Waals surface area (Å²) in [6, 6.07) is 4.37. The number of halogens is 1. The number of hydrogen-bond acceptors (Lipinski definition) is 1. The van der Waals surface area contributed by atoms with Crippen LogP contribution in [0.1, 0.15) is 23.6 Å². The molecule has 1 aromatic heterocycles. The van der Waals surface area contributed by atoms with Crippen LogP contribution in [0.4, 0.5) is 0 Å². The highest BCUT2D eigenvalue weighted by molar-refractivity contribution is 9.09. The molecule has 0 aliphatic heterocycles. The molecule has 1 atom stereocenters. The normalized spacial score (nSPS) is 13.9. The lowest BCUT2D eigenvalue weighted by Gasteiger charge is -1.89. The summed E-state index contributed by atoms with van der Waals surface area (Å²) < 4.78 is 0. The van der Waals surface area contributed by atoms with E-state index in [1.54, 1.807) is 0 Å². The standard InChI is InChI=1S/C10H13BrS/c1-3-9-6-7-10(12-9)5-4-8(2)11/h4-8H,3H2,1-2H3/b5-4+. The van der Waals surface area contributed by atoms with E-state index < -0.39 is 0 Å². The zero-order valence-electron chi connectivity index (χ0n) is 7.38. The fourth-order valence-electron chi connectivity index (χ4n) is 0.902. The maximum atomic E-state index is 3.47.